The Bertz CT molecular complexity index is 261. The van der Waals surface area contributed by atoms with Crippen molar-refractivity contribution >= 4 is 33.3 Å². The third kappa shape index (κ3) is 2.90. The maximum Gasteiger partial charge on any atom is 0.312 e. The molecule has 0 radical (unpaired) electrons. The van der Waals surface area contributed by atoms with E-state index in [1.54, 1.807) is 11.3 Å². The molecule has 1 heterocycles. The highest BCUT2D eigenvalue weighted by Gasteiger charge is 1.97. The van der Waals surface area contributed by atoms with Gasteiger partial charge in [0.2, 0.25) is 0 Å². The molecule has 5 heteroatoms. The van der Waals surface area contributed by atoms with Gasteiger partial charge in [-0.25, -0.2) is 4.79 Å². The van der Waals surface area contributed by atoms with E-state index in [1.807, 2.05) is 12.1 Å². The summed E-state index contributed by atoms with van der Waals surface area (Å²) in [4.78, 5) is 11.4. The molecular formula is C6H7BrN2OS. The molecule has 3 nitrogen and oxygen atoms in total. The van der Waals surface area contributed by atoms with Crippen LogP contribution in [0.5, 0.6) is 0 Å². The molecular weight excluding hydrogens is 228 g/mol. The third-order valence-electron chi connectivity index (χ3n) is 1.07. The van der Waals surface area contributed by atoms with Crippen molar-refractivity contribution in [2.45, 2.75) is 6.54 Å². The van der Waals surface area contributed by atoms with E-state index in [4.69, 9.17) is 5.73 Å². The highest BCUT2D eigenvalue weighted by molar-refractivity contribution is 9.11. The average Bonchev–Trinajstić information content (AvgIpc) is 2.31. The van der Waals surface area contributed by atoms with Crippen molar-refractivity contribution in [3.8, 4) is 0 Å². The van der Waals surface area contributed by atoms with Crippen LogP contribution in [0.3, 0.4) is 0 Å². The lowest BCUT2D eigenvalue weighted by molar-refractivity contribution is 0.248. The second kappa shape index (κ2) is 3.73. The summed E-state index contributed by atoms with van der Waals surface area (Å²) in [6.45, 7) is 0.506. The van der Waals surface area contributed by atoms with E-state index < -0.39 is 6.03 Å². The summed E-state index contributed by atoms with van der Waals surface area (Å²) in [5.74, 6) is 0. The molecule has 0 saturated heterocycles. The fourth-order valence-corrected chi connectivity index (χ4v) is 2.04. The van der Waals surface area contributed by atoms with Gasteiger partial charge >= 0.3 is 6.03 Å². The van der Waals surface area contributed by atoms with Crippen LogP contribution in [-0.4, -0.2) is 6.03 Å². The zero-order chi connectivity index (χ0) is 8.27. The predicted molar refractivity (Wildman–Crippen MR) is 48.4 cm³/mol. The molecule has 11 heavy (non-hydrogen) atoms. The van der Waals surface area contributed by atoms with Gasteiger partial charge in [-0.05, 0) is 28.1 Å². The number of halogens is 1. The lowest BCUT2D eigenvalue weighted by Crippen LogP contribution is -2.28. The molecule has 0 atom stereocenters. The van der Waals surface area contributed by atoms with Crippen molar-refractivity contribution in [2.75, 3.05) is 0 Å². The number of hydrogen-bond acceptors (Lipinski definition) is 2. The van der Waals surface area contributed by atoms with Crippen LogP contribution in [0.1, 0.15) is 4.88 Å². The molecule has 0 spiro atoms. The van der Waals surface area contributed by atoms with Crippen LogP contribution >= 0.6 is 27.3 Å². The zero-order valence-corrected chi connectivity index (χ0v) is 8.04. The molecule has 1 aromatic rings. The first kappa shape index (κ1) is 8.55. The molecule has 0 aromatic carbocycles. The van der Waals surface area contributed by atoms with Gasteiger partial charge in [0.15, 0.2) is 0 Å². The molecule has 1 rings (SSSR count). The molecule has 0 unspecified atom stereocenters. The first-order valence-corrected chi connectivity index (χ1v) is 4.57. The highest BCUT2D eigenvalue weighted by Crippen LogP contribution is 2.21. The number of primary amides is 1. The first-order chi connectivity index (χ1) is 5.18. The van der Waals surface area contributed by atoms with Crippen molar-refractivity contribution in [2.24, 2.45) is 5.73 Å². The molecule has 0 saturated carbocycles. The summed E-state index contributed by atoms with van der Waals surface area (Å²) in [6, 6.07) is 3.38. The van der Waals surface area contributed by atoms with Crippen LogP contribution in [0, 0.1) is 0 Å². The summed E-state index contributed by atoms with van der Waals surface area (Å²) < 4.78 is 1.05. The second-order valence-electron chi connectivity index (χ2n) is 1.92. The molecule has 0 aliphatic carbocycles. The number of thiophene rings is 1. The largest absolute Gasteiger partial charge is 0.352 e. The van der Waals surface area contributed by atoms with Crippen LogP contribution in [0.2, 0.25) is 0 Å². The summed E-state index contributed by atoms with van der Waals surface area (Å²) in [5, 5.41) is 2.50. The Morgan fingerprint density at radius 2 is 2.45 bits per heavy atom. The number of hydrogen-bond donors (Lipinski definition) is 2. The number of nitrogens with one attached hydrogen (secondary N) is 1. The van der Waals surface area contributed by atoms with Crippen LogP contribution < -0.4 is 11.1 Å². The number of carbonyl (C=O) groups excluding carboxylic acids is 1. The maximum absolute atomic E-state index is 10.3. The van der Waals surface area contributed by atoms with Gasteiger partial charge in [0.1, 0.15) is 0 Å². The van der Waals surface area contributed by atoms with Crippen LogP contribution in [0.4, 0.5) is 4.79 Å². The van der Waals surface area contributed by atoms with Crippen molar-refractivity contribution in [1.29, 1.82) is 0 Å². The van der Waals surface area contributed by atoms with Gasteiger partial charge in [-0.1, -0.05) is 0 Å². The molecule has 1 aromatic heterocycles. The van der Waals surface area contributed by atoms with Gasteiger partial charge in [0.25, 0.3) is 0 Å². The molecule has 3 N–H and O–H groups in total. The van der Waals surface area contributed by atoms with Crippen molar-refractivity contribution in [1.82, 2.24) is 5.32 Å². The van der Waals surface area contributed by atoms with Gasteiger partial charge < -0.3 is 11.1 Å². The van der Waals surface area contributed by atoms with E-state index in [1.165, 1.54) is 0 Å². The Kier molecular flexibility index (Phi) is 2.90. The van der Waals surface area contributed by atoms with Crippen LogP contribution in [0.25, 0.3) is 0 Å². The van der Waals surface area contributed by atoms with Gasteiger partial charge in [-0.2, -0.15) is 0 Å². The van der Waals surface area contributed by atoms with Crippen LogP contribution in [0.15, 0.2) is 15.9 Å². The Morgan fingerprint density at radius 1 is 1.73 bits per heavy atom. The minimum atomic E-state index is -0.491. The summed E-state index contributed by atoms with van der Waals surface area (Å²) in [7, 11) is 0. The van der Waals surface area contributed by atoms with E-state index in [2.05, 4.69) is 21.2 Å². The zero-order valence-electron chi connectivity index (χ0n) is 5.63. The van der Waals surface area contributed by atoms with Gasteiger partial charge in [-0.15, -0.1) is 11.3 Å². The fraction of sp³-hybridized carbons (Fsp3) is 0.167. The van der Waals surface area contributed by atoms with E-state index in [-0.39, 0.29) is 0 Å². The molecule has 0 bridgehead atoms. The standard InChI is InChI=1S/C6H7BrN2OS/c7-5-2-1-4(11-5)3-9-6(8)10/h1-2H,3H2,(H3,8,9,10). The molecule has 2 amide bonds. The minimum absolute atomic E-state index is 0.491. The normalized spacial score (nSPS) is 9.55. The predicted octanol–water partition coefficient (Wildman–Crippen LogP) is 1.68. The van der Waals surface area contributed by atoms with Crippen molar-refractivity contribution < 1.29 is 4.79 Å². The smallest absolute Gasteiger partial charge is 0.312 e. The van der Waals surface area contributed by atoms with Gasteiger partial charge in [0.05, 0.1) is 10.3 Å². The third-order valence-corrected chi connectivity index (χ3v) is 2.69. The minimum Gasteiger partial charge on any atom is -0.352 e. The molecule has 0 aliphatic heterocycles. The number of carbonyl (C=O) groups is 1. The SMILES string of the molecule is NC(=O)NCc1ccc(Br)s1. The Balaban J connectivity index is 2.45. The Labute approximate surface area is 76.7 Å². The molecule has 0 aliphatic rings. The highest BCUT2D eigenvalue weighted by atomic mass is 79.9. The Hall–Kier alpha value is -0.550. The summed E-state index contributed by atoms with van der Waals surface area (Å²) in [5.41, 5.74) is 4.89. The van der Waals surface area contributed by atoms with Crippen molar-refractivity contribution in [3.05, 3.63) is 20.8 Å². The summed E-state index contributed by atoms with van der Waals surface area (Å²) in [6.07, 6.45) is 0. The van der Waals surface area contributed by atoms with Gasteiger partial charge in [0, 0.05) is 4.88 Å². The maximum atomic E-state index is 10.3. The lowest BCUT2D eigenvalue weighted by Gasteiger charge is -1.95. The quantitative estimate of drug-likeness (QED) is 0.804. The van der Waals surface area contributed by atoms with E-state index in [9.17, 15) is 4.79 Å². The van der Waals surface area contributed by atoms with Gasteiger partial charge in [-0.3, -0.25) is 0 Å². The summed E-state index contributed by atoms with van der Waals surface area (Å²) >= 11 is 4.89. The van der Waals surface area contributed by atoms with E-state index in [0.29, 0.717) is 6.54 Å². The fourth-order valence-electron chi connectivity index (χ4n) is 0.621. The monoisotopic (exact) mass is 234 g/mol. The van der Waals surface area contributed by atoms with Crippen molar-refractivity contribution in [3.63, 3.8) is 0 Å². The number of rotatable bonds is 2. The number of urea groups is 1. The average molecular weight is 235 g/mol. The first-order valence-electron chi connectivity index (χ1n) is 2.96. The molecule has 60 valence electrons. The number of nitrogens with two attached hydrogens (primary N) is 1. The van der Waals surface area contributed by atoms with Crippen LogP contribution in [-0.2, 0) is 6.54 Å². The Morgan fingerprint density at radius 3 is 2.91 bits per heavy atom. The molecule has 0 fully saturated rings. The topological polar surface area (TPSA) is 55.1 Å². The van der Waals surface area contributed by atoms with E-state index >= 15 is 0 Å². The second-order valence-corrected chi connectivity index (χ2v) is 4.47. The van der Waals surface area contributed by atoms with E-state index in [0.717, 1.165) is 8.66 Å². The number of amides is 2. The lowest BCUT2D eigenvalue weighted by atomic mass is 10.5.